The summed E-state index contributed by atoms with van der Waals surface area (Å²) in [6.45, 7) is 0.672. The van der Waals surface area contributed by atoms with Crippen LogP contribution in [0, 0.1) is 5.92 Å². The largest absolute Gasteiger partial charge is 0.389 e. The third-order valence-corrected chi connectivity index (χ3v) is 6.24. The Bertz CT molecular complexity index is 827. The quantitative estimate of drug-likeness (QED) is 0.829. The summed E-state index contributed by atoms with van der Waals surface area (Å²) in [5, 5.41) is 0. The summed E-state index contributed by atoms with van der Waals surface area (Å²) in [6, 6.07) is 7.83. The Balaban J connectivity index is 1.74. The SMILES string of the molecule is NC(=S)c1cccc(Cn2ccnc2CC2CCS(=O)(=O)C2)c1. The lowest BCUT2D eigenvalue weighted by Crippen LogP contribution is -2.13. The van der Waals surface area contributed by atoms with E-state index in [0.29, 0.717) is 23.7 Å². The highest BCUT2D eigenvalue weighted by Crippen LogP contribution is 2.22. The molecule has 0 bridgehead atoms. The highest BCUT2D eigenvalue weighted by Gasteiger charge is 2.28. The van der Waals surface area contributed by atoms with Gasteiger partial charge in [-0.1, -0.05) is 30.4 Å². The molecule has 5 nitrogen and oxygen atoms in total. The molecule has 1 aromatic heterocycles. The molecule has 1 unspecified atom stereocenters. The lowest BCUT2D eigenvalue weighted by Gasteiger charge is -2.11. The minimum atomic E-state index is -2.85. The lowest BCUT2D eigenvalue weighted by atomic mass is 10.0. The average Bonchev–Trinajstić information content (AvgIpc) is 3.06. The summed E-state index contributed by atoms with van der Waals surface area (Å²) in [7, 11) is -2.85. The number of benzene rings is 1. The van der Waals surface area contributed by atoms with E-state index in [9.17, 15) is 8.42 Å². The number of aromatic nitrogens is 2. The number of hydrogen-bond acceptors (Lipinski definition) is 4. The lowest BCUT2D eigenvalue weighted by molar-refractivity contribution is 0.551. The van der Waals surface area contributed by atoms with E-state index in [4.69, 9.17) is 18.0 Å². The second-order valence-electron chi connectivity index (χ2n) is 6.01. The van der Waals surface area contributed by atoms with Gasteiger partial charge in [-0.3, -0.25) is 0 Å². The van der Waals surface area contributed by atoms with Crippen LogP contribution in [-0.4, -0.2) is 34.5 Å². The predicted molar refractivity (Wildman–Crippen MR) is 94.1 cm³/mol. The van der Waals surface area contributed by atoms with Crippen LogP contribution in [-0.2, 0) is 22.8 Å². The molecule has 2 aromatic rings. The monoisotopic (exact) mass is 349 g/mol. The van der Waals surface area contributed by atoms with E-state index in [2.05, 4.69) is 9.55 Å². The van der Waals surface area contributed by atoms with Crippen molar-refractivity contribution < 1.29 is 8.42 Å². The van der Waals surface area contributed by atoms with E-state index in [1.165, 1.54) is 0 Å². The van der Waals surface area contributed by atoms with Gasteiger partial charge < -0.3 is 10.3 Å². The minimum Gasteiger partial charge on any atom is -0.389 e. The molecule has 0 radical (unpaired) electrons. The third-order valence-electron chi connectivity index (χ3n) is 4.16. The Kier molecular flexibility index (Phi) is 4.50. The molecule has 2 N–H and O–H groups in total. The van der Waals surface area contributed by atoms with Crippen LogP contribution < -0.4 is 5.73 Å². The molecule has 3 rings (SSSR count). The second-order valence-corrected chi connectivity index (χ2v) is 8.68. The molecule has 0 aliphatic carbocycles. The van der Waals surface area contributed by atoms with E-state index >= 15 is 0 Å². The highest BCUT2D eigenvalue weighted by molar-refractivity contribution is 7.91. The fourth-order valence-electron chi connectivity index (χ4n) is 2.98. The first-order valence-electron chi connectivity index (χ1n) is 7.52. The number of sulfone groups is 1. The van der Waals surface area contributed by atoms with E-state index in [0.717, 1.165) is 23.4 Å². The third kappa shape index (κ3) is 3.97. The van der Waals surface area contributed by atoms with Crippen molar-refractivity contribution in [2.45, 2.75) is 19.4 Å². The van der Waals surface area contributed by atoms with Gasteiger partial charge in [-0.2, -0.15) is 0 Å². The van der Waals surface area contributed by atoms with Crippen molar-refractivity contribution in [3.05, 3.63) is 53.6 Å². The van der Waals surface area contributed by atoms with Gasteiger partial charge in [-0.25, -0.2) is 13.4 Å². The zero-order valence-electron chi connectivity index (χ0n) is 12.7. The van der Waals surface area contributed by atoms with Crippen molar-refractivity contribution in [1.29, 1.82) is 0 Å². The molecule has 1 aliphatic heterocycles. The van der Waals surface area contributed by atoms with E-state index < -0.39 is 9.84 Å². The van der Waals surface area contributed by atoms with Crippen LogP contribution in [0.4, 0.5) is 0 Å². The van der Waals surface area contributed by atoms with Crippen molar-refractivity contribution in [2.75, 3.05) is 11.5 Å². The zero-order valence-corrected chi connectivity index (χ0v) is 14.3. The van der Waals surface area contributed by atoms with Crippen LogP contribution in [0.1, 0.15) is 23.4 Å². The summed E-state index contributed by atoms with van der Waals surface area (Å²) >= 11 is 5.01. The minimum absolute atomic E-state index is 0.170. The van der Waals surface area contributed by atoms with Crippen molar-refractivity contribution in [3.8, 4) is 0 Å². The average molecular weight is 349 g/mol. The molecular formula is C16H19N3O2S2. The van der Waals surface area contributed by atoms with Crippen molar-refractivity contribution in [3.63, 3.8) is 0 Å². The topological polar surface area (TPSA) is 78.0 Å². The molecular weight excluding hydrogens is 330 g/mol. The number of imidazole rings is 1. The van der Waals surface area contributed by atoms with Gasteiger partial charge >= 0.3 is 0 Å². The van der Waals surface area contributed by atoms with Gasteiger partial charge in [-0.15, -0.1) is 0 Å². The van der Waals surface area contributed by atoms with Gasteiger partial charge in [0.15, 0.2) is 9.84 Å². The van der Waals surface area contributed by atoms with Crippen LogP contribution in [0.3, 0.4) is 0 Å². The molecule has 1 aromatic carbocycles. The Morgan fingerprint density at radius 3 is 2.96 bits per heavy atom. The molecule has 2 heterocycles. The maximum absolute atomic E-state index is 11.6. The van der Waals surface area contributed by atoms with Gasteiger partial charge in [0, 0.05) is 30.9 Å². The highest BCUT2D eigenvalue weighted by atomic mass is 32.2. The number of rotatable bonds is 5. The van der Waals surface area contributed by atoms with Gasteiger partial charge in [0.2, 0.25) is 0 Å². The number of thiocarbonyl (C=S) groups is 1. The predicted octanol–water partition coefficient (Wildman–Crippen LogP) is 1.54. The first kappa shape index (κ1) is 16.1. The fraction of sp³-hybridized carbons (Fsp3) is 0.375. The van der Waals surface area contributed by atoms with Crippen molar-refractivity contribution in [2.24, 2.45) is 11.7 Å². The molecule has 1 atom stereocenters. The molecule has 7 heteroatoms. The number of nitrogens with zero attached hydrogens (tertiary/aromatic N) is 2. The summed E-state index contributed by atoms with van der Waals surface area (Å²) in [6.07, 6.45) is 5.11. The molecule has 1 fully saturated rings. The molecule has 0 saturated carbocycles. The van der Waals surface area contributed by atoms with Crippen molar-refractivity contribution >= 4 is 27.0 Å². The Hall–Kier alpha value is -1.73. The first-order chi connectivity index (χ1) is 10.9. The standard InChI is InChI=1S/C16H19N3O2S2/c17-16(22)14-3-1-2-12(8-14)10-19-6-5-18-15(19)9-13-4-7-23(20,21)11-13/h1-3,5-6,8,13H,4,7,9-11H2,(H2,17,22). The Morgan fingerprint density at radius 1 is 1.43 bits per heavy atom. The maximum Gasteiger partial charge on any atom is 0.150 e. The van der Waals surface area contributed by atoms with Crippen LogP contribution >= 0.6 is 12.2 Å². The Morgan fingerprint density at radius 2 is 2.26 bits per heavy atom. The van der Waals surface area contributed by atoms with E-state index in [1.54, 1.807) is 6.20 Å². The van der Waals surface area contributed by atoms with Crippen LogP contribution in [0.2, 0.25) is 0 Å². The Labute approximate surface area is 141 Å². The van der Waals surface area contributed by atoms with E-state index in [1.807, 2.05) is 30.5 Å². The number of hydrogen-bond donors (Lipinski definition) is 1. The summed E-state index contributed by atoms with van der Waals surface area (Å²) < 4.78 is 25.3. The summed E-state index contributed by atoms with van der Waals surface area (Å²) in [5.41, 5.74) is 7.62. The van der Waals surface area contributed by atoms with Crippen molar-refractivity contribution in [1.82, 2.24) is 9.55 Å². The molecule has 122 valence electrons. The summed E-state index contributed by atoms with van der Waals surface area (Å²) in [5.74, 6) is 1.67. The second kappa shape index (κ2) is 6.41. The van der Waals surface area contributed by atoms with Crippen LogP contribution in [0.15, 0.2) is 36.7 Å². The van der Waals surface area contributed by atoms with Crippen LogP contribution in [0.25, 0.3) is 0 Å². The smallest absolute Gasteiger partial charge is 0.150 e. The van der Waals surface area contributed by atoms with Gasteiger partial charge in [0.25, 0.3) is 0 Å². The summed E-state index contributed by atoms with van der Waals surface area (Å²) in [4.78, 5) is 4.78. The van der Waals surface area contributed by atoms with Crippen LogP contribution in [0.5, 0.6) is 0 Å². The number of nitrogens with two attached hydrogens (primary N) is 1. The fourth-order valence-corrected chi connectivity index (χ4v) is 4.97. The maximum atomic E-state index is 11.6. The van der Waals surface area contributed by atoms with Gasteiger partial charge in [-0.05, 0) is 24.0 Å². The molecule has 1 aliphatic rings. The first-order valence-corrected chi connectivity index (χ1v) is 9.75. The van der Waals surface area contributed by atoms with Gasteiger partial charge in [0.05, 0.1) is 11.5 Å². The molecule has 0 amide bonds. The molecule has 23 heavy (non-hydrogen) atoms. The van der Waals surface area contributed by atoms with E-state index in [-0.39, 0.29) is 11.7 Å². The normalized spacial score (nSPS) is 19.7. The molecule has 0 spiro atoms. The zero-order chi connectivity index (χ0) is 16.4. The van der Waals surface area contributed by atoms with Gasteiger partial charge in [0.1, 0.15) is 10.8 Å². The molecule has 1 saturated heterocycles.